The van der Waals surface area contributed by atoms with Crippen LogP contribution in [0, 0.1) is 0 Å². The van der Waals surface area contributed by atoms with Crippen LogP contribution >= 0.6 is 0 Å². The molecule has 1 aromatic heterocycles. The van der Waals surface area contributed by atoms with E-state index in [0.717, 1.165) is 50.5 Å². The monoisotopic (exact) mass is 415 g/mol. The Kier molecular flexibility index (Phi) is 6.89. The number of piperazine rings is 1. The van der Waals surface area contributed by atoms with Gasteiger partial charge in [0.1, 0.15) is 18.0 Å². The summed E-state index contributed by atoms with van der Waals surface area (Å²) in [4.78, 5) is 26.3. The van der Waals surface area contributed by atoms with E-state index in [2.05, 4.69) is 55.4 Å². The maximum absolute atomic E-state index is 12.9. The average Bonchev–Trinajstić information content (AvgIpc) is 2.82. The molecule has 2 aromatic carbocycles. The Morgan fingerprint density at radius 3 is 2.32 bits per heavy atom. The first-order valence-corrected chi connectivity index (χ1v) is 10.9. The summed E-state index contributed by atoms with van der Waals surface area (Å²) in [6.07, 6.45) is 2.27. The minimum atomic E-state index is -0.193. The summed E-state index contributed by atoms with van der Waals surface area (Å²) in [5.41, 5.74) is 2.36. The van der Waals surface area contributed by atoms with Crippen molar-refractivity contribution in [2.45, 2.75) is 25.8 Å². The summed E-state index contributed by atoms with van der Waals surface area (Å²) in [5.74, 6) is 1.18. The van der Waals surface area contributed by atoms with Gasteiger partial charge in [0.25, 0.3) is 0 Å². The van der Waals surface area contributed by atoms with Gasteiger partial charge in [0, 0.05) is 38.8 Å². The Balaban J connectivity index is 1.36. The second-order valence-electron chi connectivity index (χ2n) is 7.87. The number of nitrogens with zero attached hydrogens (tertiary/aromatic N) is 4. The minimum Gasteiger partial charge on any atom is -0.354 e. The third-order valence-corrected chi connectivity index (χ3v) is 5.78. The number of carbonyl (C=O) groups excluding carboxylic acids is 1. The Labute approximate surface area is 183 Å². The van der Waals surface area contributed by atoms with E-state index in [0.29, 0.717) is 5.82 Å². The Morgan fingerprint density at radius 2 is 1.65 bits per heavy atom. The molecule has 6 heteroatoms. The molecule has 0 bridgehead atoms. The van der Waals surface area contributed by atoms with Gasteiger partial charge in [-0.25, -0.2) is 9.97 Å². The van der Waals surface area contributed by atoms with E-state index in [1.165, 1.54) is 11.9 Å². The number of rotatable bonds is 7. The molecule has 1 aliphatic rings. The molecule has 1 unspecified atom stereocenters. The molecule has 6 nitrogen and oxygen atoms in total. The average molecular weight is 416 g/mol. The van der Waals surface area contributed by atoms with Gasteiger partial charge in [-0.2, -0.15) is 0 Å². The van der Waals surface area contributed by atoms with Crippen molar-refractivity contribution in [3.63, 3.8) is 0 Å². The number of carbonyl (C=O) groups is 1. The second-order valence-corrected chi connectivity index (χ2v) is 7.87. The third kappa shape index (κ3) is 5.47. The number of aromatic nitrogens is 2. The lowest BCUT2D eigenvalue weighted by Crippen LogP contribution is -2.46. The molecule has 0 aliphatic carbocycles. The van der Waals surface area contributed by atoms with Crippen molar-refractivity contribution in [3.8, 4) is 0 Å². The van der Waals surface area contributed by atoms with Crippen LogP contribution in [0.5, 0.6) is 0 Å². The summed E-state index contributed by atoms with van der Waals surface area (Å²) < 4.78 is 0. The van der Waals surface area contributed by atoms with Gasteiger partial charge in [0.05, 0.1) is 5.92 Å². The lowest BCUT2D eigenvalue weighted by atomic mass is 9.96. The maximum Gasteiger partial charge on any atom is 0.233 e. The molecule has 1 atom stereocenters. The van der Waals surface area contributed by atoms with E-state index < -0.39 is 0 Å². The van der Waals surface area contributed by atoms with Crippen LogP contribution in [-0.4, -0.2) is 47.0 Å². The molecule has 1 fully saturated rings. The van der Waals surface area contributed by atoms with Crippen LogP contribution < -0.4 is 10.2 Å². The number of hydrogen-bond donors (Lipinski definition) is 1. The quantitative estimate of drug-likeness (QED) is 0.634. The van der Waals surface area contributed by atoms with Crippen LogP contribution in [0.25, 0.3) is 0 Å². The summed E-state index contributed by atoms with van der Waals surface area (Å²) in [7, 11) is 0. The van der Waals surface area contributed by atoms with Crippen molar-refractivity contribution in [1.82, 2.24) is 14.9 Å². The number of anilines is 2. The normalized spacial score (nSPS) is 15.5. The van der Waals surface area contributed by atoms with E-state index >= 15 is 0 Å². The van der Waals surface area contributed by atoms with Crippen LogP contribution in [0.1, 0.15) is 30.4 Å². The minimum absolute atomic E-state index is 0.0361. The third-order valence-electron chi connectivity index (χ3n) is 5.78. The van der Waals surface area contributed by atoms with Crippen LogP contribution in [0.4, 0.5) is 11.6 Å². The fourth-order valence-electron chi connectivity index (χ4n) is 4.04. The fraction of sp³-hybridized carbons (Fsp3) is 0.320. The highest BCUT2D eigenvalue weighted by molar-refractivity contribution is 5.95. The summed E-state index contributed by atoms with van der Waals surface area (Å²) in [6.45, 7) is 6.76. The van der Waals surface area contributed by atoms with E-state index in [4.69, 9.17) is 0 Å². The number of amides is 1. The van der Waals surface area contributed by atoms with Crippen LogP contribution in [0.3, 0.4) is 0 Å². The molecule has 160 valence electrons. The van der Waals surface area contributed by atoms with Crippen molar-refractivity contribution < 1.29 is 4.79 Å². The molecule has 1 N–H and O–H groups in total. The summed E-state index contributed by atoms with van der Waals surface area (Å²) in [5, 5.41) is 2.99. The molecule has 31 heavy (non-hydrogen) atoms. The molecule has 1 saturated heterocycles. The Morgan fingerprint density at radius 1 is 0.968 bits per heavy atom. The molecule has 0 spiro atoms. The van der Waals surface area contributed by atoms with Crippen LogP contribution in [0.2, 0.25) is 0 Å². The first-order valence-electron chi connectivity index (χ1n) is 10.9. The fourth-order valence-corrected chi connectivity index (χ4v) is 4.04. The predicted molar refractivity (Wildman–Crippen MR) is 124 cm³/mol. The van der Waals surface area contributed by atoms with Gasteiger partial charge >= 0.3 is 0 Å². The molecule has 0 saturated carbocycles. The number of nitrogens with one attached hydrogen (secondary N) is 1. The van der Waals surface area contributed by atoms with Crippen LogP contribution in [-0.2, 0) is 11.3 Å². The lowest BCUT2D eigenvalue weighted by molar-refractivity contribution is -0.117. The van der Waals surface area contributed by atoms with Gasteiger partial charge in [-0.3, -0.25) is 9.69 Å². The lowest BCUT2D eigenvalue weighted by Gasteiger charge is -2.35. The maximum atomic E-state index is 12.9. The molecular weight excluding hydrogens is 386 g/mol. The van der Waals surface area contributed by atoms with Crippen molar-refractivity contribution in [1.29, 1.82) is 0 Å². The number of benzene rings is 2. The van der Waals surface area contributed by atoms with Crippen molar-refractivity contribution >= 4 is 17.5 Å². The highest BCUT2D eigenvalue weighted by Crippen LogP contribution is 2.22. The highest BCUT2D eigenvalue weighted by Gasteiger charge is 2.21. The van der Waals surface area contributed by atoms with Gasteiger partial charge in [-0.05, 0) is 17.5 Å². The smallest absolute Gasteiger partial charge is 0.233 e. The molecule has 0 radical (unpaired) electrons. The van der Waals surface area contributed by atoms with Crippen molar-refractivity contribution in [3.05, 3.63) is 84.2 Å². The molecule has 1 aliphatic heterocycles. The zero-order valence-electron chi connectivity index (χ0n) is 17.9. The summed E-state index contributed by atoms with van der Waals surface area (Å²) >= 11 is 0. The zero-order chi connectivity index (χ0) is 21.5. The standard InChI is InChI=1S/C25H29N5O/c1-2-22(21-11-7-4-8-12-21)25(31)28-23-17-24(27-19-26-23)30-15-13-29(14-16-30)18-20-9-5-3-6-10-20/h3-12,17,19,22H,2,13-16,18H2,1H3,(H,26,27,28,31). The van der Waals surface area contributed by atoms with E-state index in [9.17, 15) is 4.79 Å². The molecule has 2 heterocycles. The second kappa shape index (κ2) is 10.2. The molecule has 3 aromatic rings. The van der Waals surface area contributed by atoms with Gasteiger partial charge in [-0.1, -0.05) is 67.6 Å². The van der Waals surface area contributed by atoms with Gasteiger partial charge < -0.3 is 10.2 Å². The molecule has 4 rings (SSSR count). The van der Waals surface area contributed by atoms with Gasteiger partial charge in [0.2, 0.25) is 5.91 Å². The topological polar surface area (TPSA) is 61.4 Å². The SMILES string of the molecule is CCC(C(=O)Nc1cc(N2CCN(Cc3ccccc3)CC2)ncn1)c1ccccc1. The van der Waals surface area contributed by atoms with Crippen LogP contribution in [0.15, 0.2) is 73.1 Å². The van der Waals surface area contributed by atoms with Crippen molar-refractivity contribution in [2.24, 2.45) is 0 Å². The predicted octanol–water partition coefficient (Wildman–Crippen LogP) is 3.93. The van der Waals surface area contributed by atoms with Gasteiger partial charge in [-0.15, -0.1) is 0 Å². The highest BCUT2D eigenvalue weighted by atomic mass is 16.1. The molecule has 1 amide bonds. The largest absolute Gasteiger partial charge is 0.354 e. The van der Waals surface area contributed by atoms with E-state index in [1.54, 1.807) is 0 Å². The van der Waals surface area contributed by atoms with Gasteiger partial charge in [0.15, 0.2) is 0 Å². The Bertz CT molecular complexity index is 971. The van der Waals surface area contributed by atoms with E-state index in [-0.39, 0.29) is 11.8 Å². The van der Waals surface area contributed by atoms with Crippen molar-refractivity contribution in [2.75, 3.05) is 36.4 Å². The molecular formula is C25H29N5O. The zero-order valence-corrected chi connectivity index (χ0v) is 17.9. The van der Waals surface area contributed by atoms with E-state index in [1.807, 2.05) is 43.3 Å². The number of hydrogen-bond acceptors (Lipinski definition) is 5. The Hall–Kier alpha value is -3.25. The summed E-state index contributed by atoms with van der Waals surface area (Å²) in [6, 6.07) is 22.3. The first kappa shape index (κ1) is 21.0. The first-order chi connectivity index (χ1) is 15.2.